The van der Waals surface area contributed by atoms with Gasteiger partial charge >= 0.3 is 0 Å². The standard InChI is InChI=1S/C14H24N2O3S2/c1-3-16-9-14(8-12(16)10-17)21(18,19)15-11-5-6-13(7-11)20-4-2/h8-9,11,13,15,17H,3-7,10H2,1-2H3. The third-order valence-electron chi connectivity index (χ3n) is 3.88. The molecule has 2 rings (SSSR count). The van der Waals surface area contributed by atoms with Crippen molar-refractivity contribution >= 4 is 21.8 Å². The maximum Gasteiger partial charge on any atom is 0.242 e. The highest BCUT2D eigenvalue weighted by atomic mass is 32.2. The first-order valence-corrected chi connectivity index (χ1v) is 9.97. The molecule has 1 saturated carbocycles. The summed E-state index contributed by atoms with van der Waals surface area (Å²) in [5.74, 6) is 1.07. The minimum Gasteiger partial charge on any atom is -0.390 e. The van der Waals surface area contributed by atoms with Crippen molar-refractivity contribution in [2.24, 2.45) is 0 Å². The minimum absolute atomic E-state index is 0.0293. The van der Waals surface area contributed by atoms with Crippen molar-refractivity contribution in [3.63, 3.8) is 0 Å². The maximum atomic E-state index is 12.4. The molecular formula is C14H24N2O3S2. The van der Waals surface area contributed by atoms with Gasteiger partial charge in [0, 0.05) is 29.7 Å². The second-order valence-corrected chi connectivity index (χ2v) is 8.61. The van der Waals surface area contributed by atoms with E-state index in [0.717, 1.165) is 25.0 Å². The summed E-state index contributed by atoms with van der Waals surface area (Å²) in [6.45, 7) is 4.55. The normalized spacial score (nSPS) is 22.8. The number of thioether (sulfide) groups is 1. The van der Waals surface area contributed by atoms with Crippen molar-refractivity contribution in [2.75, 3.05) is 5.75 Å². The molecule has 0 saturated heterocycles. The molecule has 1 aliphatic carbocycles. The summed E-state index contributed by atoms with van der Waals surface area (Å²) in [4.78, 5) is 0.250. The largest absolute Gasteiger partial charge is 0.390 e. The Kier molecular flexibility index (Phi) is 5.76. The van der Waals surface area contributed by atoms with Gasteiger partial charge in [-0.3, -0.25) is 0 Å². The summed E-state index contributed by atoms with van der Waals surface area (Å²) in [6.07, 6.45) is 4.47. The topological polar surface area (TPSA) is 71.3 Å². The first-order chi connectivity index (χ1) is 10.00. The number of nitrogens with zero attached hydrogens (tertiary/aromatic N) is 1. The van der Waals surface area contributed by atoms with Crippen molar-refractivity contribution in [1.29, 1.82) is 0 Å². The van der Waals surface area contributed by atoms with Crippen molar-refractivity contribution in [3.8, 4) is 0 Å². The smallest absolute Gasteiger partial charge is 0.242 e. The molecule has 1 heterocycles. The lowest BCUT2D eigenvalue weighted by atomic mass is 10.3. The van der Waals surface area contributed by atoms with E-state index >= 15 is 0 Å². The number of nitrogens with one attached hydrogen (secondary N) is 1. The molecule has 1 aromatic rings. The maximum absolute atomic E-state index is 12.4. The fourth-order valence-electron chi connectivity index (χ4n) is 2.82. The van der Waals surface area contributed by atoms with Crippen molar-refractivity contribution in [1.82, 2.24) is 9.29 Å². The van der Waals surface area contributed by atoms with Crippen LogP contribution in [0, 0.1) is 0 Å². The van der Waals surface area contributed by atoms with E-state index in [-0.39, 0.29) is 17.5 Å². The number of hydrogen-bond donors (Lipinski definition) is 2. The minimum atomic E-state index is -3.50. The van der Waals surface area contributed by atoms with Gasteiger partial charge in [0.2, 0.25) is 10.0 Å². The number of hydrogen-bond acceptors (Lipinski definition) is 4. The lowest BCUT2D eigenvalue weighted by Gasteiger charge is -2.12. The number of aromatic nitrogens is 1. The molecule has 1 aliphatic rings. The van der Waals surface area contributed by atoms with E-state index in [1.165, 1.54) is 0 Å². The number of rotatable bonds is 7. The van der Waals surface area contributed by atoms with Crippen LogP contribution < -0.4 is 4.72 Å². The van der Waals surface area contributed by atoms with Crippen LogP contribution >= 0.6 is 11.8 Å². The van der Waals surface area contributed by atoms with Gasteiger partial charge in [0.15, 0.2) is 0 Å². The average Bonchev–Trinajstić information content (AvgIpc) is 3.05. The SMILES string of the molecule is CCSC1CCC(NS(=O)(=O)c2cc(CO)n(CC)c2)C1. The number of aliphatic hydroxyl groups excluding tert-OH is 1. The van der Waals surface area contributed by atoms with E-state index in [9.17, 15) is 13.5 Å². The Hall–Kier alpha value is -0.500. The zero-order chi connectivity index (χ0) is 15.5. The van der Waals surface area contributed by atoms with Gasteiger partial charge in [-0.05, 0) is 38.0 Å². The van der Waals surface area contributed by atoms with E-state index in [0.29, 0.717) is 17.5 Å². The van der Waals surface area contributed by atoms with Gasteiger partial charge in [0.1, 0.15) is 0 Å². The molecule has 2 atom stereocenters. The molecule has 0 radical (unpaired) electrons. The highest BCUT2D eigenvalue weighted by Crippen LogP contribution is 2.30. The van der Waals surface area contributed by atoms with E-state index in [1.54, 1.807) is 16.8 Å². The Morgan fingerprint density at radius 1 is 1.43 bits per heavy atom. The number of sulfonamides is 1. The van der Waals surface area contributed by atoms with Crippen LogP contribution in [0.4, 0.5) is 0 Å². The van der Waals surface area contributed by atoms with Gasteiger partial charge in [-0.25, -0.2) is 13.1 Å². The molecule has 2 N–H and O–H groups in total. The van der Waals surface area contributed by atoms with Crippen molar-refractivity contribution < 1.29 is 13.5 Å². The number of aryl methyl sites for hydroxylation is 1. The van der Waals surface area contributed by atoms with E-state index in [2.05, 4.69) is 11.6 Å². The van der Waals surface area contributed by atoms with Crippen LogP contribution in [0.2, 0.25) is 0 Å². The van der Waals surface area contributed by atoms with E-state index in [1.807, 2.05) is 18.7 Å². The van der Waals surface area contributed by atoms with Crippen LogP contribution in [0.5, 0.6) is 0 Å². The van der Waals surface area contributed by atoms with Gasteiger partial charge < -0.3 is 9.67 Å². The fourth-order valence-corrected chi connectivity index (χ4v) is 5.31. The summed E-state index contributed by atoms with van der Waals surface area (Å²) in [6, 6.07) is 1.58. The molecule has 1 fully saturated rings. The molecule has 7 heteroatoms. The van der Waals surface area contributed by atoms with Crippen LogP contribution in [0.1, 0.15) is 38.8 Å². The van der Waals surface area contributed by atoms with Gasteiger partial charge in [0.05, 0.1) is 11.5 Å². The summed E-state index contributed by atoms with van der Waals surface area (Å²) >= 11 is 1.91. The molecule has 2 unspecified atom stereocenters. The van der Waals surface area contributed by atoms with Crippen molar-refractivity contribution in [3.05, 3.63) is 18.0 Å². The molecule has 21 heavy (non-hydrogen) atoms. The summed E-state index contributed by atoms with van der Waals surface area (Å²) in [5.41, 5.74) is 0.628. The average molecular weight is 332 g/mol. The summed E-state index contributed by atoms with van der Waals surface area (Å²) in [7, 11) is -3.50. The second-order valence-electron chi connectivity index (χ2n) is 5.32. The van der Waals surface area contributed by atoms with Crippen LogP contribution in [0.25, 0.3) is 0 Å². The molecule has 0 aromatic carbocycles. The Balaban J connectivity index is 2.07. The molecule has 120 valence electrons. The Bertz CT molecular complexity index is 547. The molecule has 5 nitrogen and oxygen atoms in total. The van der Waals surface area contributed by atoms with Gasteiger partial charge in [0.25, 0.3) is 0 Å². The van der Waals surface area contributed by atoms with Crippen molar-refractivity contribution in [2.45, 2.75) is 62.4 Å². The Morgan fingerprint density at radius 3 is 2.76 bits per heavy atom. The predicted octanol–water partition coefficient (Wildman–Crippen LogP) is 1.95. The molecular weight excluding hydrogens is 308 g/mol. The summed E-state index contributed by atoms with van der Waals surface area (Å²) in [5, 5.41) is 9.83. The molecule has 1 aromatic heterocycles. The van der Waals surface area contributed by atoms with Gasteiger partial charge in [-0.15, -0.1) is 0 Å². The fraction of sp³-hybridized carbons (Fsp3) is 0.714. The third kappa shape index (κ3) is 4.03. The zero-order valence-electron chi connectivity index (χ0n) is 12.6. The first kappa shape index (κ1) is 16.9. The molecule has 0 aliphatic heterocycles. The first-order valence-electron chi connectivity index (χ1n) is 7.44. The quantitative estimate of drug-likeness (QED) is 0.801. The molecule has 0 spiro atoms. The zero-order valence-corrected chi connectivity index (χ0v) is 14.2. The highest BCUT2D eigenvalue weighted by Gasteiger charge is 2.29. The van der Waals surface area contributed by atoms with Crippen LogP contribution in [0.15, 0.2) is 17.2 Å². The molecule has 0 amide bonds. The number of aliphatic hydroxyl groups is 1. The van der Waals surface area contributed by atoms with E-state index in [4.69, 9.17) is 0 Å². The lowest BCUT2D eigenvalue weighted by Crippen LogP contribution is -2.33. The van der Waals surface area contributed by atoms with Crippen LogP contribution in [0.3, 0.4) is 0 Å². The third-order valence-corrected chi connectivity index (χ3v) is 6.60. The monoisotopic (exact) mass is 332 g/mol. The van der Waals surface area contributed by atoms with Gasteiger partial charge in [-0.1, -0.05) is 6.92 Å². The summed E-state index contributed by atoms with van der Waals surface area (Å²) < 4.78 is 29.4. The van der Waals surface area contributed by atoms with Gasteiger partial charge in [-0.2, -0.15) is 11.8 Å². The van der Waals surface area contributed by atoms with E-state index < -0.39 is 10.0 Å². The molecule has 0 bridgehead atoms. The van der Waals surface area contributed by atoms with Crippen LogP contribution in [-0.4, -0.2) is 35.1 Å². The Labute approximate surface area is 131 Å². The predicted molar refractivity (Wildman–Crippen MR) is 85.9 cm³/mol. The Morgan fingerprint density at radius 2 is 2.19 bits per heavy atom. The highest BCUT2D eigenvalue weighted by molar-refractivity contribution is 7.99. The van der Waals surface area contributed by atoms with Crippen LogP contribution in [-0.2, 0) is 23.2 Å². The lowest BCUT2D eigenvalue weighted by molar-refractivity contribution is 0.271. The second kappa shape index (κ2) is 7.17.